The summed E-state index contributed by atoms with van der Waals surface area (Å²) in [5.74, 6) is 1.57. The summed E-state index contributed by atoms with van der Waals surface area (Å²) < 4.78 is 1.83. The van der Waals surface area contributed by atoms with Crippen LogP contribution in [-0.2, 0) is 0 Å². The van der Waals surface area contributed by atoms with Crippen LogP contribution in [0, 0.1) is 5.92 Å². The topological polar surface area (TPSA) is 68.2 Å². The molecule has 0 amide bonds. The molecule has 3 rings (SSSR count). The fourth-order valence-corrected chi connectivity index (χ4v) is 2.87. The van der Waals surface area contributed by atoms with Crippen LogP contribution in [-0.4, -0.2) is 27.2 Å². The van der Waals surface area contributed by atoms with Crippen molar-refractivity contribution < 1.29 is 0 Å². The van der Waals surface area contributed by atoms with Crippen molar-refractivity contribution in [1.82, 2.24) is 14.6 Å². The molecule has 0 aliphatic heterocycles. The molecule has 0 bridgehead atoms. The molecular weight excluding hydrogens is 226 g/mol. The highest BCUT2D eigenvalue weighted by atomic mass is 15.2. The lowest BCUT2D eigenvalue weighted by molar-refractivity contribution is 0.461. The Morgan fingerprint density at radius 3 is 3.00 bits per heavy atom. The van der Waals surface area contributed by atoms with Crippen molar-refractivity contribution in [3.05, 3.63) is 24.7 Å². The summed E-state index contributed by atoms with van der Waals surface area (Å²) in [4.78, 5) is 4.41. The van der Waals surface area contributed by atoms with E-state index in [0.29, 0.717) is 18.5 Å². The second-order valence-corrected chi connectivity index (χ2v) is 4.97. The molecule has 18 heavy (non-hydrogen) atoms. The third-order valence-corrected chi connectivity index (χ3v) is 3.87. The van der Waals surface area contributed by atoms with Crippen molar-refractivity contribution in [1.29, 1.82) is 0 Å². The molecule has 1 unspecified atom stereocenters. The van der Waals surface area contributed by atoms with Gasteiger partial charge in [-0.15, -0.1) is 0 Å². The van der Waals surface area contributed by atoms with Gasteiger partial charge in [0.15, 0.2) is 5.82 Å². The summed E-state index contributed by atoms with van der Waals surface area (Å²) in [6, 6.07) is 2.29. The van der Waals surface area contributed by atoms with E-state index in [1.54, 1.807) is 12.4 Å². The molecule has 3 N–H and O–H groups in total. The molecule has 1 atom stereocenters. The Morgan fingerprint density at radius 2 is 2.22 bits per heavy atom. The predicted molar refractivity (Wildman–Crippen MR) is 71.4 cm³/mol. The van der Waals surface area contributed by atoms with Crippen LogP contribution in [0.3, 0.4) is 0 Å². The van der Waals surface area contributed by atoms with Gasteiger partial charge in [0, 0.05) is 25.0 Å². The van der Waals surface area contributed by atoms with Crippen LogP contribution < -0.4 is 11.1 Å². The first-order chi connectivity index (χ1) is 8.88. The van der Waals surface area contributed by atoms with Gasteiger partial charge >= 0.3 is 0 Å². The van der Waals surface area contributed by atoms with Gasteiger partial charge in [0.2, 0.25) is 0 Å². The van der Waals surface area contributed by atoms with Crippen molar-refractivity contribution in [2.24, 2.45) is 11.7 Å². The zero-order valence-corrected chi connectivity index (χ0v) is 10.4. The lowest BCUT2D eigenvalue weighted by Gasteiger charge is -2.23. The smallest absolute Gasteiger partial charge is 0.152 e. The maximum atomic E-state index is 5.91. The van der Waals surface area contributed by atoms with Crippen molar-refractivity contribution in [2.75, 3.05) is 11.9 Å². The number of nitrogens with two attached hydrogens (primary N) is 1. The third-order valence-electron chi connectivity index (χ3n) is 3.87. The molecule has 0 saturated heterocycles. The van der Waals surface area contributed by atoms with Gasteiger partial charge < -0.3 is 11.1 Å². The average Bonchev–Trinajstić information content (AvgIpc) is 3.06. The number of rotatable bonds is 4. The quantitative estimate of drug-likeness (QED) is 0.859. The third kappa shape index (κ3) is 2.06. The summed E-state index contributed by atoms with van der Waals surface area (Å²) in [6.45, 7) is 0.654. The molecule has 1 aliphatic rings. The summed E-state index contributed by atoms with van der Waals surface area (Å²) in [7, 11) is 0. The molecule has 0 aromatic carbocycles. The second-order valence-electron chi connectivity index (χ2n) is 4.97. The minimum absolute atomic E-state index is 0.320. The Morgan fingerprint density at radius 1 is 1.39 bits per heavy atom. The fraction of sp³-hybridized carbons (Fsp3) is 0.538. The highest BCUT2D eigenvalue weighted by Gasteiger charge is 2.24. The number of hydrogen-bond donors (Lipinski definition) is 2. The predicted octanol–water partition coefficient (Wildman–Crippen LogP) is 1.66. The SMILES string of the molecule is NCC(Nc1nccn2nccc12)C1CCCC1. The number of nitrogens with one attached hydrogen (secondary N) is 1. The van der Waals surface area contributed by atoms with E-state index in [-0.39, 0.29) is 0 Å². The van der Waals surface area contributed by atoms with Gasteiger partial charge in [-0.05, 0) is 24.8 Å². The summed E-state index contributed by atoms with van der Waals surface area (Å²) in [6.07, 6.45) is 10.6. The van der Waals surface area contributed by atoms with E-state index in [4.69, 9.17) is 5.73 Å². The molecule has 5 heteroatoms. The van der Waals surface area contributed by atoms with E-state index in [9.17, 15) is 0 Å². The summed E-state index contributed by atoms with van der Waals surface area (Å²) >= 11 is 0. The van der Waals surface area contributed by atoms with E-state index in [0.717, 1.165) is 11.3 Å². The van der Waals surface area contributed by atoms with Crippen molar-refractivity contribution >= 4 is 11.3 Å². The van der Waals surface area contributed by atoms with Crippen LogP contribution in [0.4, 0.5) is 5.82 Å². The Balaban J connectivity index is 1.83. The fourth-order valence-electron chi connectivity index (χ4n) is 2.87. The summed E-state index contributed by atoms with van der Waals surface area (Å²) in [5.41, 5.74) is 6.92. The van der Waals surface area contributed by atoms with E-state index < -0.39 is 0 Å². The van der Waals surface area contributed by atoms with Gasteiger partial charge in [0.05, 0.1) is 6.20 Å². The molecule has 1 aliphatic carbocycles. The van der Waals surface area contributed by atoms with E-state index in [1.165, 1.54) is 25.7 Å². The number of anilines is 1. The normalized spacial score (nSPS) is 18.3. The zero-order valence-electron chi connectivity index (χ0n) is 10.4. The number of hydrogen-bond acceptors (Lipinski definition) is 4. The molecule has 0 radical (unpaired) electrons. The number of aromatic nitrogens is 3. The highest BCUT2D eigenvalue weighted by Crippen LogP contribution is 2.29. The van der Waals surface area contributed by atoms with E-state index in [1.807, 2.05) is 16.8 Å². The molecule has 0 spiro atoms. The first-order valence-electron chi connectivity index (χ1n) is 6.63. The monoisotopic (exact) mass is 245 g/mol. The van der Waals surface area contributed by atoms with Gasteiger partial charge in [0.1, 0.15) is 5.52 Å². The van der Waals surface area contributed by atoms with Crippen LogP contribution in [0.1, 0.15) is 25.7 Å². The van der Waals surface area contributed by atoms with Gasteiger partial charge in [-0.2, -0.15) is 5.10 Å². The van der Waals surface area contributed by atoms with Gasteiger partial charge in [-0.25, -0.2) is 9.50 Å². The Kier molecular flexibility index (Phi) is 3.15. The molecule has 1 fully saturated rings. The lowest BCUT2D eigenvalue weighted by Crippen LogP contribution is -2.35. The first kappa shape index (κ1) is 11.5. The van der Waals surface area contributed by atoms with Crippen molar-refractivity contribution in [3.63, 3.8) is 0 Å². The van der Waals surface area contributed by atoms with Crippen molar-refractivity contribution in [3.8, 4) is 0 Å². The average molecular weight is 245 g/mol. The minimum Gasteiger partial charge on any atom is -0.364 e. The number of fused-ring (bicyclic) bond motifs is 1. The van der Waals surface area contributed by atoms with Gasteiger partial charge in [-0.1, -0.05) is 12.8 Å². The first-order valence-corrected chi connectivity index (χ1v) is 6.63. The number of nitrogens with zero attached hydrogens (tertiary/aromatic N) is 3. The van der Waals surface area contributed by atoms with Crippen LogP contribution in [0.25, 0.3) is 5.52 Å². The van der Waals surface area contributed by atoms with Crippen LogP contribution in [0.5, 0.6) is 0 Å². The summed E-state index contributed by atoms with van der Waals surface area (Å²) in [5, 5.41) is 7.72. The highest BCUT2D eigenvalue weighted by molar-refractivity contribution is 5.67. The van der Waals surface area contributed by atoms with Crippen LogP contribution in [0.2, 0.25) is 0 Å². The van der Waals surface area contributed by atoms with E-state index >= 15 is 0 Å². The molecular formula is C13H19N5. The van der Waals surface area contributed by atoms with Crippen LogP contribution in [0.15, 0.2) is 24.7 Å². The molecule has 2 aromatic rings. The minimum atomic E-state index is 0.320. The van der Waals surface area contributed by atoms with E-state index in [2.05, 4.69) is 15.4 Å². The Bertz CT molecular complexity index is 515. The zero-order chi connectivity index (χ0) is 12.4. The lowest BCUT2D eigenvalue weighted by atomic mass is 9.98. The molecule has 2 heterocycles. The standard InChI is InChI=1S/C13H19N5/c14-9-11(10-3-1-2-4-10)17-13-12-5-6-16-18(12)8-7-15-13/h5-8,10-11H,1-4,9,14H2,(H,15,17). The van der Waals surface area contributed by atoms with Crippen molar-refractivity contribution in [2.45, 2.75) is 31.7 Å². The van der Waals surface area contributed by atoms with Gasteiger partial charge in [-0.3, -0.25) is 0 Å². The Hall–Kier alpha value is -1.62. The molecule has 1 saturated carbocycles. The second kappa shape index (κ2) is 4.94. The van der Waals surface area contributed by atoms with Gasteiger partial charge in [0.25, 0.3) is 0 Å². The molecule has 96 valence electrons. The molecule has 2 aromatic heterocycles. The van der Waals surface area contributed by atoms with Crippen LogP contribution >= 0.6 is 0 Å². The largest absolute Gasteiger partial charge is 0.364 e. The maximum Gasteiger partial charge on any atom is 0.152 e. The maximum absolute atomic E-state index is 5.91. The molecule has 5 nitrogen and oxygen atoms in total. The Labute approximate surface area is 106 Å².